The Hall–Kier alpha value is -0.740. The van der Waals surface area contributed by atoms with Crippen LogP contribution in [0.2, 0.25) is 0 Å². The molecule has 1 aromatic carbocycles. The van der Waals surface area contributed by atoms with Crippen LogP contribution in [0.5, 0.6) is 5.75 Å². The van der Waals surface area contributed by atoms with Crippen molar-refractivity contribution in [2.75, 3.05) is 7.11 Å². The minimum atomic E-state index is -0.388. The quantitative estimate of drug-likeness (QED) is 0.716. The molecule has 0 bridgehead atoms. The summed E-state index contributed by atoms with van der Waals surface area (Å²) >= 11 is 5.48. The highest BCUT2D eigenvalue weighted by Gasteiger charge is 2.12. The van der Waals surface area contributed by atoms with Crippen LogP contribution in [0.25, 0.3) is 10.1 Å². The number of hydrogen-bond donors (Lipinski definition) is 1. The van der Waals surface area contributed by atoms with Crippen molar-refractivity contribution in [2.24, 2.45) is 0 Å². The molecule has 4 heteroatoms. The fourth-order valence-corrected chi connectivity index (χ4v) is 2.36. The predicted molar refractivity (Wildman–Crippen MR) is 55.6 cm³/mol. The normalized spacial score (nSPS) is 10.7. The number of thiol groups is 1. The minimum Gasteiger partial charge on any atom is -0.492 e. The van der Waals surface area contributed by atoms with Gasteiger partial charge in [-0.25, -0.2) is 4.39 Å². The van der Waals surface area contributed by atoms with Gasteiger partial charge in [0.1, 0.15) is 0 Å². The van der Waals surface area contributed by atoms with Crippen LogP contribution >= 0.6 is 24.0 Å². The van der Waals surface area contributed by atoms with E-state index >= 15 is 0 Å². The fourth-order valence-electron chi connectivity index (χ4n) is 1.23. The Bertz CT molecular complexity index is 450. The fraction of sp³-hybridized carbons (Fsp3) is 0.111. The van der Waals surface area contributed by atoms with E-state index in [1.165, 1.54) is 18.4 Å². The minimum absolute atomic E-state index is 0.289. The number of benzene rings is 1. The first-order valence-corrected chi connectivity index (χ1v) is 4.99. The van der Waals surface area contributed by atoms with E-state index in [-0.39, 0.29) is 11.6 Å². The van der Waals surface area contributed by atoms with Crippen molar-refractivity contribution in [3.05, 3.63) is 23.3 Å². The highest BCUT2D eigenvalue weighted by Crippen LogP contribution is 2.36. The Morgan fingerprint density at radius 3 is 3.00 bits per heavy atom. The second-order valence-electron chi connectivity index (χ2n) is 2.58. The van der Waals surface area contributed by atoms with Crippen molar-refractivity contribution in [3.8, 4) is 5.75 Å². The average molecular weight is 214 g/mol. The third-order valence-electron chi connectivity index (χ3n) is 1.82. The topological polar surface area (TPSA) is 9.23 Å². The molecule has 0 spiro atoms. The molecule has 0 unspecified atom stereocenters. The van der Waals surface area contributed by atoms with Gasteiger partial charge < -0.3 is 4.74 Å². The molecule has 2 aromatic rings. The van der Waals surface area contributed by atoms with E-state index in [1.807, 2.05) is 11.4 Å². The maximum Gasteiger partial charge on any atom is 0.179 e. The Kier molecular flexibility index (Phi) is 2.17. The molecule has 0 saturated carbocycles. The lowest BCUT2D eigenvalue weighted by Crippen LogP contribution is -1.89. The van der Waals surface area contributed by atoms with E-state index in [0.717, 1.165) is 10.1 Å². The zero-order valence-electron chi connectivity index (χ0n) is 6.87. The molecule has 13 heavy (non-hydrogen) atoms. The van der Waals surface area contributed by atoms with Crippen LogP contribution in [-0.4, -0.2) is 7.11 Å². The number of ether oxygens (including phenoxy) is 1. The number of rotatable bonds is 1. The maximum atomic E-state index is 13.4. The van der Waals surface area contributed by atoms with Gasteiger partial charge in [0.05, 0.1) is 11.8 Å². The van der Waals surface area contributed by atoms with Crippen LogP contribution in [0.4, 0.5) is 4.39 Å². The lowest BCUT2D eigenvalue weighted by Gasteiger charge is -2.04. The van der Waals surface area contributed by atoms with E-state index in [2.05, 4.69) is 12.6 Å². The summed E-state index contributed by atoms with van der Waals surface area (Å²) in [5.41, 5.74) is 0. The van der Waals surface area contributed by atoms with Crippen molar-refractivity contribution in [1.82, 2.24) is 0 Å². The second kappa shape index (κ2) is 3.20. The summed E-state index contributed by atoms with van der Waals surface area (Å²) in [7, 11) is 1.46. The molecule has 2 rings (SSSR count). The van der Waals surface area contributed by atoms with Crippen LogP contribution in [0.15, 0.2) is 22.4 Å². The van der Waals surface area contributed by atoms with Gasteiger partial charge in [-0.1, -0.05) is 0 Å². The number of thiophene rings is 1. The van der Waals surface area contributed by atoms with Crippen molar-refractivity contribution >= 4 is 34.1 Å². The van der Waals surface area contributed by atoms with Gasteiger partial charge in [0.15, 0.2) is 11.6 Å². The van der Waals surface area contributed by atoms with Gasteiger partial charge in [0.25, 0.3) is 0 Å². The van der Waals surface area contributed by atoms with Crippen LogP contribution < -0.4 is 4.74 Å². The molecule has 0 N–H and O–H groups in total. The van der Waals surface area contributed by atoms with Crippen LogP contribution in [0, 0.1) is 5.82 Å². The highest BCUT2D eigenvalue weighted by atomic mass is 32.1. The second-order valence-corrected chi connectivity index (χ2v) is 3.98. The summed E-state index contributed by atoms with van der Waals surface area (Å²) in [5, 5.41) is 2.87. The zero-order chi connectivity index (χ0) is 9.42. The molecule has 0 aliphatic carbocycles. The molecule has 0 radical (unpaired) electrons. The van der Waals surface area contributed by atoms with Gasteiger partial charge >= 0.3 is 0 Å². The van der Waals surface area contributed by atoms with Crippen molar-refractivity contribution in [3.63, 3.8) is 0 Å². The highest BCUT2D eigenvalue weighted by molar-refractivity contribution is 7.80. The van der Waals surface area contributed by atoms with Crippen LogP contribution in [0.1, 0.15) is 0 Å². The first kappa shape index (κ1) is 8.84. The molecular weight excluding hydrogens is 207 g/mol. The SMILES string of the molecule is COc1c(F)c(S)cc2ccsc12. The third kappa shape index (κ3) is 1.30. The van der Waals surface area contributed by atoms with Gasteiger partial charge in [0, 0.05) is 4.90 Å². The van der Waals surface area contributed by atoms with E-state index in [0.29, 0.717) is 4.90 Å². The van der Waals surface area contributed by atoms with Crippen LogP contribution in [0.3, 0.4) is 0 Å². The molecule has 1 heterocycles. The van der Waals surface area contributed by atoms with Crippen molar-refractivity contribution in [2.45, 2.75) is 4.90 Å². The third-order valence-corrected chi connectivity index (χ3v) is 3.08. The molecule has 1 aromatic heterocycles. The average Bonchev–Trinajstić information content (AvgIpc) is 2.54. The summed E-state index contributed by atoms with van der Waals surface area (Å²) in [4.78, 5) is 0.322. The van der Waals surface area contributed by atoms with Crippen LogP contribution in [-0.2, 0) is 0 Å². The van der Waals surface area contributed by atoms with Crippen molar-refractivity contribution in [1.29, 1.82) is 0 Å². The number of fused-ring (bicyclic) bond motifs is 1. The number of hydrogen-bond acceptors (Lipinski definition) is 3. The van der Waals surface area contributed by atoms with E-state index in [9.17, 15) is 4.39 Å². The Morgan fingerprint density at radius 2 is 2.31 bits per heavy atom. The predicted octanol–water partition coefficient (Wildman–Crippen LogP) is 3.34. The summed E-state index contributed by atoms with van der Waals surface area (Å²) < 4.78 is 19.2. The molecular formula is C9H7FOS2. The first-order chi connectivity index (χ1) is 6.24. The van der Waals surface area contributed by atoms with E-state index in [4.69, 9.17) is 4.74 Å². The summed E-state index contributed by atoms with van der Waals surface area (Å²) in [6.07, 6.45) is 0. The number of halogens is 1. The van der Waals surface area contributed by atoms with E-state index < -0.39 is 0 Å². The van der Waals surface area contributed by atoms with Gasteiger partial charge in [-0.3, -0.25) is 0 Å². The monoisotopic (exact) mass is 214 g/mol. The summed E-state index contributed by atoms with van der Waals surface area (Å²) in [6, 6.07) is 3.62. The number of methoxy groups -OCH3 is 1. The molecule has 0 saturated heterocycles. The largest absolute Gasteiger partial charge is 0.492 e. The summed E-state index contributed by atoms with van der Waals surface area (Å²) in [6.45, 7) is 0. The Labute approximate surface area is 84.6 Å². The maximum absolute atomic E-state index is 13.4. The van der Waals surface area contributed by atoms with Gasteiger partial charge in [-0.2, -0.15) is 0 Å². The molecule has 0 aliphatic heterocycles. The molecule has 1 nitrogen and oxygen atoms in total. The smallest absolute Gasteiger partial charge is 0.179 e. The lowest BCUT2D eigenvalue weighted by molar-refractivity contribution is 0.388. The summed E-state index contributed by atoms with van der Waals surface area (Å²) in [5.74, 6) is -0.0988. The van der Waals surface area contributed by atoms with Gasteiger partial charge in [-0.05, 0) is 22.9 Å². The zero-order valence-corrected chi connectivity index (χ0v) is 8.58. The molecule has 0 aliphatic rings. The van der Waals surface area contributed by atoms with Gasteiger partial charge in [0.2, 0.25) is 0 Å². The lowest BCUT2D eigenvalue weighted by atomic mass is 10.2. The molecule has 68 valence electrons. The standard InChI is InChI=1S/C9H7FOS2/c1-11-8-7(10)6(12)4-5-2-3-13-9(5)8/h2-4,12H,1H3. The van der Waals surface area contributed by atoms with E-state index in [1.54, 1.807) is 6.07 Å². The van der Waals surface area contributed by atoms with Gasteiger partial charge in [-0.15, -0.1) is 24.0 Å². The molecule has 0 fully saturated rings. The van der Waals surface area contributed by atoms with Crippen molar-refractivity contribution < 1.29 is 9.13 Å². The molecule has 0 atom stereocenters. The first-order valence-electron chi connectivity index (χ1n) is 3.66. The Balaban J connectivity index is 2.87. The molecule has 0 amide bonds. The Morgan fingerprint density at radius 1 is 1.54 bits per heavy atom.